The fraction of sp³-hybridized carbons (Fsp3) is 0.364. The second-order valence-corrected chi connectivity index (χ2v) is 4.87. The van der Waals surface area contributed by atoms with Gasteiger partial charge in [-0.05, 0) is 37.8 Å². The van der Waals surface area contributed by atoms with Crippen molar-refractivity contribution >= 4 is 17.7 Å². The van der Waals surface area contributed by atoms with Gasteiger partial charge < -0.3 is 5.32 Å². The first-order chi connectivity index (χ1) is 6.54. The standard InChI is InChI=1S/C11H13NOS/c1-11(2)9-5-4-7(14-3)6-8(9)10(13)12-11/h4-6H,1-3H3,(H,12,13). The largest absolute Gasteiger partial charge is 0.343 e. The summed E-state index contributed by atoms with van der Waals surface area (Å²) in [7, 11) is 0. The average Bonchev–Trinajstić information content (AvgIpc) is 2.37. The summed E-state index contributed by atoms with van der Waals surface area (Å²) in [6.07, 6.45) is 2.01. The molecule has 0 atom stereocenters. The zero-order chi connectivity index (χ0) is 10.3. The summed E-state index contributed by atoms with van der Waals surface area (Å²) in [6, 6.07) is 6.06. The lowest BCUT2D eigenvalue weighted by molar-refractivity contribution is 0.0940. The minimum Gasteiger partial charge on any atom is -0.343 e. The second kappa shape index (κ2) is 3.02. The third-order valence-corrected chi connectivity index (χ3v) is 3.30. The van der Waals surface area contributed by atoms with Gasteiger partial charge in [0.05, 0.1) is 5.54 Å². The third kappa shape index (κ3) is 1.32. The lowest BCUT2D eigenvalue weighted by Gasteiger charge is -2.18. The van der Waals surface area contributed by atoms with E-state index in [2.05, 4.69) is 11.4 Å². The number of benzene rings is 1. The molecule has 1 heterocycles. The average molecular weight is 207 g/mol. The van der Waals surface area contributed by atoms with Crippen LogP contribution < -0.4 is 5.32 Å². The fourth-order valence-corrected chi connectivity index (χ4v) is 2.24. The Morgan fingerprint density at radius 1 is 1.36 bits per heavy atom. The van der Waals surface area contributed by atoms with E-state index < -0.39 is 0 Å². The van der Waals surface area contributed by atoms with E-state index in [1.807, 2.05) is 32.2 Å². The maximum Gasteiger partial charge on any atom is 0.252 e. The van der Waals surface area contributed by atoms with Crippen LogP contribution in [0.3, 0.4) is 0 Å². The number of carbonyl (C=O) groups excluding carboxylic acids is 1. The molecule has 74 valence electrons. The van der Waals surface area contributed by atoms with E-state index in [1.165, 1.54) is 0 Å². The van der Waals surface area contributed by atoms with Crippen LogP contribution in [0.2, 0.25) is 0 Å². The van der Waals surface area contributed by atoms with Crippen LogP contribution in [-0.2, 0) is 5.54 Å². The molecule has 1 amide bonds. The van der Waals surface area contributed by atoms with Gasteiger partial charge in [0.1, 0.15) is 0 Å². The molecule has 1 aliphatic heterocycles. The molecule has 0 saturated carbocycles. The van der Waals surface area contributed by atoms with E-state index in [9.17, 15) is 4.79 Å². The molecule has 0 saturated heterocycles. The van der Waals surface area contributed by atoms with Gasteiger partial charge in [-0.2, -0.15) is 0 Å². The molecule has 2 nitrogen and oxygen atoms in total. The van der Waals surface area contributed by atoms with Crippen molar-refractivity contribution in [2.75, 3.05) is 6.26 Å². The summed E-state index contributed by atoms with van der Waals surface area (Å²) in [6.45, 7) is 4.05. The lowest BCUT2D eigenvalue weighted by atomic mass is 9.95. The molecule has 1 N–H and O–H groups in total. The predicted molar refractivity (Wildman–Crippen MR) is 58.7 cm³/mol. The monoisotopic (exact) mass is 207 g/mol. The molecule has 0 radical (unpaired) electrons. The highest BCUT2D eigenvalue weighted by atomic mass is 32.2. The molecule has 2 rings (SSSR count). The first kappa shape index (κ1) is 9.59. The molecule has 0 aliphatic carbocycles. The van der Waals surface area contributed by atoms with Crippen molar-refractivity contribution < 1.29 is 4.79 Å². The van der Waals surface area contributed by atoms with Crippen LogP contribution >= 0.6 is 11.8 Å². The number of carbonyl (C=O) groups is 1. The van der Waals surface area contributed by atoms with Crippen molar-refractivity contribution in [1.82, 2.24) is 5.32 Å². The SMILES string of the molecule is CSc1ccc2c(c1)C(=O)NC2(C)C. The molecule has 1 aromatic carbocycles. The van der Waals surface area contributed by atoms with Crippen molar-refractivity contribution in [3.05, 3.63) is 29.3 Å². The second-order valence-electron chi connectivity index (χ2n) is 3.99. The number of thioether (sulfide) groups is 1. The molecule has 0 unspecified atom stereocenters. The smallest absolute Gasteiger partial charge is 0.252 e. The summed E-state index contributed by atoms with van der Waals surface area (Å²) in [5, 5.41) is 2.96. The van der Waals surface area contributed by atoms with Gasteiger partial charge in [0, 0.05) is 10.5 Å². The van der Waals surface area contributed by atoms with Crippen molar-refractivity contribution in [2.45, 2.75) is 24.3 Å². The summed E-state index contributed by atoms with van der Waals surface area (Å²) in [5.41, 5.74) is 1.70. The molecule has 1 aliphatic rings. The van der Waals surface area contributed by atoms with Crippen molar-refractivity contribution in [1.29, 1.82) is 0 Å². The van der Waals surface area contributed by atoms with E-state index in [4.69, 9.17) is 0 Å². The maximum atomic E-state index is 11.6. The Hall–Kier alpha value is -0.960. The van der Waals surface area contributed by atoms with Crippen LogP contribution in [-0.4, -0.2) is 12.2 Å². The van der Waals surface area contributed by atoms with E-state index in [-0.39, 0.29) is 11.4 Å². The Morgan fingerprint density at radius 3 is 2.71 bits per heavy atom. The van der Waals surface area contributed by atoms with Crippen molar-refractivity contribution in [2.24, 2.45) is 0 Å². The fourth-order valence-electron chi connectivity index (χ4n) is 1.80. The Bertz CT molecular complexity index is 398. The predicted octanol–water partition coefficient (Wildman–Crippen LogP) is 2.39. The summed E-state index contributed by atoms with van der Waals surface area (Å²) >= 11 is 1.66. The van der Waals surface area contributed by atoms with Crippen molar-refractivity contribution in [3.8, 4) is 0 Å². The molecule has 0 fully saturated rings. The number of amides is 1. The highest BCUT2D eigenvalue weighted by molar-refractivity contribution is 7.98. The molecule has 0 spiro atoms. The summed E-state index contributed by atoms with van der Waals surface area (Å²) < 4.78 is 0. The van der Waals surface area contributed by atoms with Gasteiger partial charge in [-0.25, -0.2) is 0 Å². The minimum atomic E-state index is -0.219. The highest BCUT2D eigenvalue weighted by Gasteiger charge is 2.34. The molecule has 0 bridgehead atoms. The van der Waals surface area contributed by atoms with Gasteiger partial charge in [0.2, 0.25) is 0 Å². The Labute approximate surface area is 88.1 Å². The van der Waals surface area contributed by atoms with Crippen LogP contribution in [0.5, 0.6) is 0 Å². The highest BCUT2D eigenvalue weighted by Crippen LogP contribution is 2.32. The molecule has 14 heavy (non-hydrogen) atoms. The van der Waals surface area contributed by atoms with Crippen LogP contribution in [0.1, 0.15) is 29.8 Å². The molecule has 1 aromatic rings. The third-order valence-electron chi connectivity index (χ3n) is 2.57. The number of nitrogens with one attached hydrogen (secondary N) is 1. The van der Waals surface area contributed by atoms with Gasteiger partial charge in [-0.15, -0.1) is 11.8 Å². The molecule has 0 aromatic heterocycles. The number of rotatable bonds is 1. The van der Waals surface area contributed by atoms with Crippen LogP contribution in [0.25, 0.3) is 0 Å². The quantitative estimate of drug-likeness (QED) is 0.716. The van der Waals surface area contributed by atoms with Gasteiger partial charge >= 0.3 is 0 Å². The summed E-state index contributed by atoms with van der Waals surface area (Å²) in [5.74, 6) is 0.0425. The van der Waals surface area contributed by atoms with Gasteiger partial charge in [-0.3, -0.25) is 4.79 Å². The summed E-state index contributed by atoms with van der Waals surface area (Å²) in [4.78, 5) is 12.8. The Balaban J connectivity index is 2.58. The maximum absolute atomic E-state index is 11.6. The Morgan fingerprint density at radius 2 is 2.07 bits per heavy atom. The van der Waals surface area contributed by atoms with E-state index in [0.29, 0.717) is 0 Å². The molecular formula is C11H13NOS. The zero-order valence-corrected chi connectivity index (χ0v) is 9.37. The van der Waals surface area contributed by atoms with E-state index in [0.717, 1.165) is 16.0 Å². The van der Waals surface area contributed by atoms with Crippen LogP contribution in [0, 0.1) is 0 Å². The van der Waals surface area contributed by atoms with E-state index >= 15 is 0 Å². The molecular weight excluding hydrogens is 194 g/mol. The van der Waals surface area contributed by atoms with Crippen LogP contribution in [0.15, 0.2) is 23.1 Å². The van der Waals surface area contributed by atoms with Gasteiger partial charge in [0.15, 0.2) is 0 Å². The zero-order valence-electron chi connectivity index (χ0n) is 8.55. The number of hydrogen-bond acceptors (Lipinski definition) is 2. The Kier molecular flexibility index (Phi) is 2.07. The first-order valence-electron chi connectivity index (χ1n) is 4.55. The van der Waals surface area contributed by atoms with Gasteiger partial charge in [-0.1, -0.05) is 6.07 Å². The lowest BCUT2D eigenvalue weighted by Crippen LogP contribution is -2.32. The van der Waals surface area contributed by atoms with E-state index in [1.54, 1.807) is 11.8 Å². The molecule has 3 heteroatoms. The normalized spacial score (nSPS) is 17.8. The van der Waals surface area contributed by atoms with Crippen molar-refractivity contribution in [3.63, 3.8) is 0 Å². The first-order valence-corrected chi connectivity index (χ1v) is 5.78. The van der Waals surface area contributed by atoms with Crippen LogP contribution in [0.4, 0.5) is 0 Å². The minimum absolute atomic E-state index is 0.0425. The number of hydrogen-bond donors (Lipinski definition) is 1. The number of fused-ring (bicyclic) bond motifs is 1. The topological polar surface area (TPSA) is 29.1 Å². The van der Waals surface area contributed by atoms with Gasteiger partial charge in [0.25, 0.3) is 5.91 Å².